The van der Waals surface area contributed by atoms with E-state index in [0.717, 1.165) is 49.2 Å². The first-order valence-electron chi connectivity index (χ1n) is 11.6. The highest BCUT2D eigenvalue weighted by Gasteiger charge is 2.30. The second-order valence-corrected chi connectivity index (χ2v) is 8.88. The van der Waals surface area contributed by atoms with Gasteiger partial charge in [-0.2, -0.15) is 0 Å². The largest absolute Gasteiger partial charge is 0.465 e. The average molecular weight is 415 g/mol. The SMILES string of the molecule is C=COc1cc(CCCCC)cc(OC2CC(O)CC(C)O2)c1C1C=C(C)CCC1. The molecule has 4 unspecified atom stereocenters. The number of unbranched alkanes of at least 4 members (excludes halogenated alkanes) is 2. The third kappa shape index (κ3) is 6.12. The lowest BCUT2D eigenvalue weighted by atomic mass is 9.84. The van der Waals surface area contributed by atoms with Crippen LogP contribution in [0.25, 0.3) is 0 Å². The molecule has 0 aromatic heterocycles. The standard InChI is InChI=1S/C26H38O4/c1-5-7-8-11-20-15-23(28-6-2)26(21-12-9-10-18(3)13-21)24(16-20)30-25-17-22(27)14-19(4)29-25/h6,13,15-16,19,21-22,25,27H,2,5,7-12,14,17H2,1,3-4H3. The molecule has 1 aliphatic carbocycles. The molecule has 1 aliphatic heterocycles. The van der Waals surface area contributed by atoms with Gasteiger partial charge in [-0.15, -0.1) is 0 Å². The molecule has 0 spiro atoms. The molecule has 0 saturated carbocycles. The van der Waals surface area contributed by atoms with Gasteiger partial charge in [-0.1, -0.05) is 38.0 Å². The van der Waals surface area contributed by atoms with Crippen LogP contribution in [0.4, 0.5) is 0 Å². The van der Waals surface area contributed by atoms with Crippen LogP contribution < -0.4 is 9.47 Å². The maximum Gasteiger partial charge on any atom is 0.202 e. The summed E-state index contributed by atoms with van der Waals surface area (Å²) in [4.78, 5) is 0. The fourth-order valence-electron chi connectivity index (χ4n) is 4.66. The number of ether oxygens (including phenoxy) is 3. The van der Waals surface area contributed by atoms with E-state index in [1.54, 1.807) is 0 Å². The zero-order valence-electron chi connectivity index (χ0n) is 18.9. The van der Waals surface area contributed by atoms with Gasteiger partial charge in [0, 0.05) is 17.9 Å². The first kappa shape index (κ1) is 22.9. The van der Waals surface area contributed by atoms with Crippen LogP contribution in [-0.4, -0.2) is 23.6 Å². The molecular formula is C26H38O4. The Labute approximate surface area is 181 Å². The van der Waals surface area contributed by atoms with Crippen LogP contribution in [0.5, 0.6) is 11.5 Å². The van der Waals surface area contributed by atoms with Crippen molar-refractivity contribution in [3.8, 4) is 11.5 Å². The van der Waals surface area contributed by atoms with Crippen LogP contribution in [0.15, 0.2) is 36.6 Å². The zero-order chi connectivity index (χ0) is 21.5. The van der Waals surface area contributed by atoms with E-state index in [4.69, 9.17) is 14.2 Å². The first-order chi connectivity index (χ1) is 14.5. The van der Waals surface area contributed by atoms with Gasteiger partial charge >= 0.3 is 0 Å². The Morgan fingerprint density at radius 2 is 2.03 bits per heavy atom. The summed E-state index contributed by atoms with van der Waals surface area (Å²) in [6, 6.07) is 4.31. The van der Waals surface area contributed by atoms with E-state index >= 15 is 0 Å². The lowest BCUT2D eigenvalue weighted by molar-refractivity contribution is -0.170. The van der Waals surface area contributed by atoms with Gasteiger partial charge in [0.1, 0.15) is 11.5 Å². The van der Waals surface area contributed by atoms with Gasteiger partial charge in [-0.25, -0.2) is 0 Å². The van der Waals surface area contributed by atoms with Crippen molar-refractivity contribution in [2.24, 2.45) is 0 Å². The molecule has 1 N–H and O–H groups in total. The molecule has 0 radical (unpaired) electrons. The number of hydrogen-bond donors (Lipinski definition) is 1. The number of allylic oxidation sites excluding steroid dienone is 2. The minimum atomic E-state index is -0.446. The molecule has 1 heterocycles. The van der Waals surface area contributed by atoms with Gasteiger partial charge < -0.3 is 19.3 Å². The Morgan fingerprint density at radius 1 is 1.23 bits per heavy atom. The van der Waals surface area contributed by atoms with Crippen molar-refractivity contribution in [2.45, 2.75) is 103 Å². The number of aliphatic hydroxyl groups is 1. The van der Waals surface area contributed by atoms with E-state index in [9.17, 15) is 5.11 Å². The van der Waals surface area contributed by atoms with Gasteiger partial charge in [-0.05, 0) is 70.1 Å². The fraction of sp³-hybridized carbons (Fsp3) is 0.615. The maximum absolute atomic E-state index is 10.2. The van der Waals surface area contributed by atoms with E-state index in [0.29, 0.717) is 12.8 Å². The van der Waals surface area contributed by atoms with E-state index in [1.807, 2.05) is 6.92 Å². The zero-order valence-corrected chi connectivity index (χ0v) is 18.9. The quantitative estimate of drug-likeness (QED) is 0.288. The summed E-state index contributed by atoms with van der Waals surface area (Å²) in [5.41, 5.74) is 3.69. The molecule has 30 heavy (non-hydrogen) atoms. The summed E-state index contributed by atoms with van der Waals surface area (Å²) >= 11 is 0. The first-order valence-corrected chi connectivity index (χ1v) is 11.6. The monoisotopic (exact) mass is 414 g/mol. The number of hydrogen-bond acceptors (Lipinski definition) is 4. The van der Waals surface area contributed by atoms with Crippen molar-refractivity contribution in [3.05, 3.63) is 47.7 Å². The third-order valence-electron chi connectivity index (χ3n) is 6.10. The molecule has 2 aliphatic rings. The van der Waals surface area contributed by atoms with Gasteiger partial charge in [0.25, 0.3) is 0 Å². The smallest absolute Gasteiger partial charge is 0.202 e. The van der Waals surface area contributed by atoms with Crippen LogP contribution in [0, 0.1) is 0 Å². The molecular weight excluding hydrogens is 376 g/mol. The molecule has 0 bridgehead atoms. The van der Waals surface area contributed by atoms with Gasteiger partial charge in [0.15, 0.2) is 0 Å². The molecule has 166 valence electrons. The summed E-state index contributed by atoms with van der Waals surface area (Å²) in [5.74, 6) is 1.90. The Morgan fingerprint density at radius 3 is 2.73 bits per heavy atom. The van der Waals surface area contributed by atoms with Crippen molar-refractivity contribution in [2.75, 3.05) is 0 Å². The van der Waals surface area contributed by atoms with Gasteiger partial charge in [0.2, 0.25) is 6.29 Å². The molecule has 4 atom stereocenters. The third-order valence-corrected chi connectivity index (χ3v) is 6.10. The highest BCUT2D eigenvalue weighted by molar-refractivity contribution is 5.52. The van der Waals surface area contributed by atoms with Crippen LogP contribution >= 0.6 is 0 Å². The minimum Gasteiger partial charge on any atom is -0.465 e. The molecule has 4 heteroatoms. The Kier molecular flexibility index (Phi) is 8.41. The molecule has 1 aromatic rings. The molecule has 4 nitrogen and oxygen atoms in total. The summed E-state index contributed by atoms with van der Waals surface area (Å²) < 4.78 is 18.3. The summed E-state index contributed by atoms with van der Waals surface area (Å²) in [5, 5.41) is 10.2. The van der Waals surface area contributed by atoms with E-state index in [-0.39, 0.29) is 12.0 Å². The van der Waals surface area contributed by atoms with Crippen molar-refractivity contribution in [1.82, 2.24) is 0 Å². The predicted octanol–water partition coefficient (Wildman–Crippen LogP) is 6.42. The van der Waals surface area contributed by atoms with Crippen LogP contribution in [-0.2, 0) is 11.2 Å². The predicted molar refractivity (Wildman–Crippen MR) is 121 cm³/mol. The Bertz CT molecular complexity index is 729. The van der Waals surface area contributed by atoms with Gasteiger partial charge in [0.05, 0.1) is 18.5 Å². The number of benzene rings is 1. The topological polar surface area (TPSA) is 47.9 Å². The van der Waals surface area contributed by atoms with Crippen molar-refractivity contribution < 1.29 is 19.3 Å². The highest BCUT2D eigenvalue weighted by Crippen LogP contribution is 2.43. The fourth-order valence-corrected chi connectivity index (χ4v) is 4.66. The minimum absolute atomic E-state index is 0.0179. The highest BCUT2D eigenvalue weighted by atomic mass is 16.7. The van der Waals surface area contributed by atoms with E-state index in [1.165, 1.54) is 30.2 Å². The lowest BCUT2D eigenvalue weighted by Crippen LogP contribution is -2.37. The normalized spacial score (nSPS) is 26.7. The number of aryl methyl sites for hydroxylation is 1. The Balaban J connectivity index is 1.97. The van der Waals surface area contributed by atoms with Crippen LogP contribution in [0.3, 0.4) is 0 Å². The summed E-state index contributed by atoms with van der Waals surface area (Å²) in [6.45, 7) is 10.2. The lowest BCUT2D eigenvalue weighted by Gasteiger charge is -2.33. The van der Waals surface area contributed by atoms with Crippen molar-refractivity contribution >= 4 is 0 Å². The molecule has 1 aromatic carbocycles. The molecule has 3 rings (SSSR count). The van der Waals surface area contributed by atoms with Crippen LogP contribution in [0.2, 0.25) is 0 Å². The van der Waals surface area contributed by atoms with E-state index in [2.05, 4.69) is 38.6 Å². The van der Waals surface area contributed by atoms with Crippen molar-refractivity contribution in [3.63, 3.8) is 0 Å². The molecule has 1 fully saturated rings. The van der Waals surface area contributed by atoms with E-state index < -0.39 is 12.4 Å². The second-order valence-electron chi connectivity index (χ2n) is 8.88. The average Bonchev–Trinajstić information content (AvgIpc) is 2.67. The maximum atomic E-state index is 10.2. The Hall–Kier alpha value is -1.78. The second kappa shape index (κ2) is 11.0. The summed E-state index contributed by atoms with van der Waals surface area (Å²) in [6.07, 6.45) is 12.0. The van der Waals surface area contributed by atoms with Crippen LogP contribution in [0.1, 0.15) is 89.2 Å². The van der Waals surface area contributed by atoms with Gasteiger partial charge in [-0.3, -0.25) is 0 Å². The molecule has 1 saturated heterocycles. The number of rotatable bonds is 9. The summed E-state index contributed by atoms with van der Waals surface area (Å²) in [7, 11) is 0. The number of aliphatic hydroxyl groups excluding tert-OH is 1. The molecule has 0 amide bonds. The van der Waals surface area contributed by atoms with Crippen molar-refractivity contribution in [1.29, 1.82) is 0 Å².